The van der Waals surface area contributed by atoms with Crippen LogP contribution in [0.2, 0.25) is 0 Å². The third-order valence-electron chi connectivity index (χ3n) is 5.52. The van der Waals surface area contributed by atoms with Crippen molar-refractivity contribution in [1.82, 2.24) is 10.0 Å². The standard InChI is InChI=1S/C19H25BrN2O2S/c1-2-11-19(13-21-12-15-5-3-4-6-18(15)19)14-22-25(23,24)17-9-7-16(20)8-10-17/h2-4,7-10,15,18,21-22H,1,5-6,11-14H2/t15-,18-,19-/m1/s1. The summed E-state index contributed by atoms with van der Waals surface area (Å²) < 4.78 is 29.1. The summed E-state index contributed by atoms with van der Waals surface area (Å²) in [6.07, 6.45) is 9.30. The van der Waals surface area contributed by atoms with Crippen molar-refractivity contribution in [2.24, 2.45) is 17.3 Å². The molecule has 136 valence electrons. The van der Waals surface area contributed by atoms with Crippen LogP contribution in [0.4, 0.5) is 0 Å². The van der Waals surface area contributed by atoms with Gasteiger partial charge in [-0.1, -0.05) is 34.2 Å². The molecule has 1 saturated heterocycles. The Morgan fingerprint density at radius 3 is 2.72 bits per heavy atom. The van der Waals surface area contributed by atoms with Crippen molar-refractivity contribution in [3.63, 3.8) is 0 Å². The van der Waals surface area contributed by atoms with Gasteiger partial charge in [0.25, 0.3) is 0 Å². The van der Waals surface area contributed by atoms with Gasteiger partial charge in [0.15, 0.2) is 0 Å². The monoisotopic (exact) mass is 424 g/mol. The molecule has 0 aromatic heterocycles. The number of halogens is 1. The van der Waals surface area contributed by atoms with Crippen LogP contribution < -0.4 is 10.0 Å². The lowest BCUT2D eigenvalue weighted by atomic mass is 9.61. The van der Waals surface area contributed by atoms with Gasteiger partial charge in [-0.05, 0) is 61.9 Å². The Balaban J connectivity index is 1.81. The molecule has 0 spiro atoms. The van der Waals surface area contributed by atoms with Crippen LogP contribution in [-0.2, 0) is 10.0 Å². The maximum absolute atomic E-state index is 12.7. The van der Waals surface area contributed by atoms with Crippen LogP contribution in [0.15, 0.2) is 58.4 Å². The van der Waals surface area contributed by atoms with E-state index in [2.05, 4.69) is 44.7 Å². The molecule has 0 amide bonds. The first-order chi connectivity index (χ1) is 12.0. The SMILES string of the molecule is C=CC[C@]1(CNS(=O)(=O)c2ccc(Br)cc2)CNC[C@H]2CC=CC[C@H]21. The number of rotatable bonds is 6. The van der Waals surface area contributed by atoms with Crippen LogP contribution in [0.3, 0.4) is 0 Å². The van der Waals surface area contributed by atoms with E-state index in [1.165, 1.54) is 0 Å². The molecule has 2 N–H and O–H groups in total. The maximum Gasteiger partial charge on any atom is 0.240 e. The molecule has 3 rings (SSSR count). The number of allylic oxidation sites excluding steroid dienone is 3. The molecule has 1 aliphatic carbocycles. The van der Waals surface area contributed by atoms with Gasteiger partial charge in [0.2, 0.25) is 10.0 Å². The topological polar surface area (TPSA) is 58.2 Å². The van der Waals surface area contributed by atoms with Crippen LogP contribution in [0.1, 0.15) is 19.3 Å². The van der Waals surface area contributed by atoms with Crippen molar-refractivity contribution < 1.29 is 8.42 Å². The van der Waals surface area contributed by atoms with Gasteiger partial charge in [-0.2, -0.15) is 0 Å². The normalized spacial score (nSPS) is 29.2. The number of sulfonamides is 1. The highest BCUT2D eigenvalue weighted by Crippen LogP contribution is 2.44. The lowest BCUT2D eigenvalue weighted by Gasteiger charge is -2.49. The van der Waals surface area contributed by atoms with E-state index in [1.807, 2.05) is 6.08 Å². The van der Waals surface area contributed by atoms with Crippen molar-refractivity contribution in [3.8, 4) is 0 Å². The van der Waals surface area contributed by atoms with E-state index in [4.69, 9.17) is 0 Å². The van der Waals surface area contributed by atoms with Gasteiger partial charge in [-0.3, -0.25) is 0 Å². The fourth-order valence-electron chi connectivity index (χ4n) is 4.20. The van der Waals surface area contributed by atoms with Crippen LogP contribution in [0.25, 0.3) is 0 Å². The molecular weight excluding hydrogens is 400 g/mol. The van der Waals surface area contributed by atoms with E-state index in [0.717, 1.165) is 36.8 Å². The first-order valence-corrected chi connectivity index (χ1v) is 11.0. The zero-order valence-corrected chi connectivity index (χ0v) is 16.7. The van der Waals surface area contributed by atoms with Crippen molar-refractivity contribution >= 4 is 26.0 Å². The molecule has 3 atom stereocenters. The Kier molecular flexibility index (Phi) is 5.83. The fourth-order valence-corrected chi connectivity index (χ4v) is 5.60. The molecule has 4 nitrogen and oxygen atoms in total. The minimum atomic E-state index is -3.52. The third kappa shape index (κ3) is 4.08. The molecule has 0 bridgehead atoms. The van der Waals surface area contributed by atoms with Gasteiger partial charge in [-0.15, -0.1) is 6.58 Å². The predicted octanol–water partition coefficient (Wildman–Crippen LogP) is 3.48. The molecular formula is C19H25BrN2O2S. The maximum atomic E-state index is 12.7. The highest BCUT2D eigenvalue weighted by atomic mass is 79.9. The smallest absolute Gasteiger partial charge is 0.240 e. The molecule has 0 saturated carbocycles. The molecule has 1 aromatic rings. The average molecular weight is 425 g/mol. The minimum absolute atomic E-state index is 0.127. The van der Waals surface area contributed by atoms with Gasteiger partial charge >= 0.3 is 0 Å². The largest absolute Gasteiger partial charge is 0.316 e. The van der Waals surface area contributed by atoms with Gasteiger partial charge in [0.1, 0.15) is 0 Å². The molecule has 6 heteroatoms. The Labute approximate surface area is 159 Å². The number of piperidine rings is 1. The van der Waals surface area contributed by atoms with E-state index >= 15 is 0 Å². The van der Waals surface area contributed by atoms with Gasteiger partial charge in [0.05, 0.1) is 4.90 Å². The van der Waals surface area contributed by atoms with E-state index in [9.17, 15) is 8.42 Å². The Bertz CT molecular complexity index is 745. The lowest BCUT2D eigenvalue weighted by molar-refractivity contribution is 0.0620. The van der Waals surface area contributed by atoms with Gasteiger partial charge in [0, 0.05) is 23.0 Å². The second-order valence-corrected chi connectivity index (χ2v) is 9.76. The third-order valence-corrected chi connectivity index (χ3v) is 7.47. The summed E-state index contributed by atoms with van der Waals surface area (Å²) in [5.41, 5.74) is -0.127. The predicted molar refractivity (Wildman–Crippen MR) is 105 cm³/mol. The molecule has 0 unspecified atom stereocenters. The van der Waals surface area contributed by atoms with Crippen molar-refractivity contribution in [3.05, 3.63) is 53.5 Å². The highest BCUT2D eigenvalue weighted by Gasteiger charge is 2.45. The summed E-state index contributed by atoms with van der Waals surface area (Å²) in [4.78, 5) is 0.299. The Morgan fingerprint density at radius 1 is 1.28 bits per heavy atom. The molecule has 0 radical (unpaired) electrons. The highest BCUT2D eigenvalue weighted by molar-refractivity contribution is 9.10. The number of hydrogen-bond acceptors (Lipinski definition) is 3. The number of nitrogens with one attached hydrogen (secondary N) is 2. The molecule has 1 fully saturated rings. The summed E-state index contributed by atoms with van der Waals surface area (Å²) in [7, 11) is -3.52. The van der Waals surface area contributed by atoms with Gasteiger partial charge in [-0.25, -0.2) is 13.1 Å². The molecule has 25 heavy (non-hydrogen) atoms. The van der Waals surface area contributed by atoms with E-state index < -0.39 is 10.0 Å². The number of benzene rings is 1. The number of hydrogen-bond donors (Lipinski definition) is 2. The summed E-state index contributed by atoms with van der Waals surface area (Å²) in [6.45, 7) is 6.18. The quantitative estimate of drug-likeness (QED) is 0.687. The van der Waals surface area contributed by atoms with Crippen LogP contribution in [0.5, 0.6) is 0 Å². The van der Waals surface area contributed by atoms with Crippen molar-refractivity contribution in [1.29, 1.82) is 0 Å². The van der Waals surface area contributed by atoms with Crippen LogP contribution in [-0.4, -0.2) is 28.1 Å². The molecule has 1 aliphatic heterocycles. The average Bonchev–Trinajstić information content (AvgIpc) is 2.61. The second-order valence-electron chi connectivity index (χ2n) is 7.07. The summed E-state index contributed by atoms with van der Waals surface area (Å²) in [6, 6.07) is 6.74. The van der Waals surface area contributed by atoms with Crippen LogP contribution >= 0.6 is 15.9 Å². The fraction of sp³-hybridized carbons (Fsp3) is 0.474. The van der Waals surface area contributed by atoms with Crippen molar-refractivity contribution in [2.75, 3.05) is 19.6 Å². The Hall–Kier alpha value is -0.950. The summed E-state index contributed by atoms with van der Waals surface area (Å²) in [5, 5.41) is 3.52. The van der Waals surface area contributed by atoms with Crippen LogP contribution in [0, 0.1) is 17.3 Å². The van der Waals surface area contributed by atoms with Crippen molar-refractivity contribution in [2.45, 2.75) is 24.2 Å². The zero-order valence-electron chi connectivity index (χ0n) is 14.2. The van der Waals surface area contributed by atoms with Gasteiger partial charge < -0.3 is 5.32 Å². The molecule has 2 aliphatic rings. The second kappa shape index (κ2) is 7.74. The zero-order chi connectivity index (χ0) is 17.9. The summed E-state index contributed by atoms with van der Waals surface area (Å²) in [5.74, 6) is 1.04. The first-order valence-electron chi connectivity index (χ1n) is 8.69. The number of fused-ring (bicyclic) bond motifs is 1. The molecule has 1 aromatic carbocycles. The Morgan fingerprint density at radius 2 is 2.00 bits per heavy atom. The van der Waals surface area contributed by atoms with E-state index in [-0.39, 0.29) is 5.41 Å². The lowest BCUT2D eigenvalue weighted by Crippen LogP contribution is -2.56. The van der Waals surface area contributed by atoms with E-state index in [0.29, 0.717) is 23.3 Å². The first kappa shape index (κ1) is 18.8. The minimum Gasteiger partial charge on any atom is -0.316 e. The molecule has 1 heterocycles. The van der Waals surface area contributed by atoms with E-state index in [1.54, 1.807) is 24.3 Å². The summed E-state index contributed by atoms with van der Waals surface area (Å²) >= 11 is 3.34.